The van der Waals surface area contributed by atoms with Crippen LogP contribution >= 0.6 is 15.9 Å². The van der Waals surface area contributed by atoms with E-state index >= 15 is 0 Å². The highest BCUT2D eigenvalue weighted by Gasteiger charge is 2.23. The van der Waals surface area contributed by atoms with Crippen molar-refractivity contribution < 1.29 is 4.79 Å². The van der Waals surface area contributed by atoms with Crippen molar-refractivity contribution in [1.82, 2.24) is 4.90 Å². The third-order valence-corrected chi connectivity index (χ3v) is 2.81. The van der Waals surface area contributed by atoms with Crippen molar-refractivity contribution in [2.75, 3.05) is 18.4 Å². The highest BCUT2D eigenvalue weighted by atomic mass is 79.9. The van der Waals surface area contributed by atoms with Gasteiger partial charge in [-0.25, -0.2) is 0 Å². The summed E-state index contributed by atoms with van der Waals surface area (Å²) in [7, 11) is 0. The van der Waals surface area contributed by atoms with Gasteiger partial charge in [-0.2, -0.15) is 0 Å². The molecule has 0 aliphatic carbocycles. The molecule has 1 aliphatic heterocycles. The van der Waals surface area contributed by atoms with Crippen molar-refractivity contribution >= 4 is 21.8 Å². The van der Waals surface area contributed by atoms with E-state index in [0.717, 1.165) is 19.0 Å². The lowest BCUT2D eigenvalue weighted by Crippen LogP contribution is -2.29. The summed E-state index contributed by atoms with van der Waals surface area (Å²) in [4.78, 5) is 13.1. The molecule has 1 saturated heterocycles. The Kier molecular flexibility index (Phi) is 3.37. The fourth-order valence-corrected chi connectivity index (χ4v) is 1.83. The van der Waals surface area contributed by atoms with Gasteiger partial charge in [0.2, 0.25) is 5.91 Å². The molecule has 1 amide bonds. The number of amides is 1. The number of likely N-dealkylation sites (tertiary alicyclic amines) is 1. The van der Waals surface area contributed by atoms with Gasteiger partial charge in [0.25, 0.3) is 0 Å². The Morgan fingerprint density at radius 2 is 2.45 bits per heavy atom. The molecular weight excluding hydrogens is 206 g/mol. The molecule has 0 radical (unpaired) electrons. The van der Waals surface area contributed by atoms with Crippen LogP contribution in [0.1, 0.15) is 19.8 Å². The fraction of sp³-hybridized carbons (Fsp3) is 0.875. The van der Waals surface area contributed by atoms with Crippen LogP contribution in [0.4, 0.5) is 0 Å². The molecule has 1 fully saturated rings. The molecule has 1 heterocycles. The largest absolute Gasteiger partial charge is 0.342 e. The van der Waals surface area contributed by atoms with E-state index in [4.69, 9.17) is 0 Å². The maximum atomic E-state index is 11.2. The standard InChI is InChI=1S/C8H14BrNO/c1-2-7-3-4-10(6-7)8(11)5-9/h7H,2-6H2,1H3. The van der Waals surface area contributed by atoms with E-state index in [1.165, 1.54) is 12.8 Å². The lowest BCUT2D eigenvalue weighted by Gasteiger charge is -2.13. The smallest absolute Gasteiger partial charge is 0.233 e. The predicted octanol–water partition coefficient (Wildman–Crippen LogP) is 1.64. The van der Waals surface area contributed by atoms with Crippen molar-refractivity contribution in [2.45, 2.75) is 19.8 Å². The Hall–Kier alpha value is -0.0500. The van der Waals surface area contributed by atoms with Gasteiger partial charge in [0, 0.05) is 13.1 Å². The number of carbonyl (C=O) groups is 1. The van der Waals surface area contributed by atoms with E-state index < -0.39 is 0 Å². The molecule has 0 aromatic heterocycles. The number of rotatable bonds is 2. The number of hydrogen-bond acceptors (Lipinski definition) is 1. The van der Waals surface area contributed by atoms with Crippen molar-refractivity contribution in [3.05, 3.63) is 0 Å². The van der Waals surface area contributed by atoms with Crippen molar-refractivity contribution in [3.63, 3.8) is 0 Å². The monoisotopic (exact) mass is 219 g/mol. The number of hydrogen-bond donors (Lipinski definition) is 0. The second kappa shape index (κ2) is 4.10. The lowest BCUT2D eigenvalue weighted by molar-refractivity contribution is -0.127. The Morgan fingerprint density at radius 3 is 2.91 bits per heavy atom. The van der Waals surface area contributed by atoms with Gasteiger partial charge in [0.15, 0.2) is 0 Å². The Labute approximate surface area is 76.1 Å². The number of halogens is 1. The minimum absolute atomic E-state index is 0.237. The minimum atomic E-state index is 0.237. The third-order valence-electron chi connectivity index (χ3n) is 2.33. The van der Waals surface area contributed by atoms with E-state index in [0.29, 0.717) is 5.33 Å². The summed E-state index contributed by atoms with van der Waals surface area (Å²) in [5.41, 5.74) is 0. The molecule has 1 unspecified atom stereocenters. The zero-order chi connectivity index (χ0) is 8.27. The zero-order valence-electron chi connectivity index (χ0n) is 6.85. The summed E-state index contributed by atoms with van der Waals surface area (Å²) < 4.78 is 0. The second-order valence-corrected chi connectivity index (χ2v) is 3.60. The third kappa shape index (κ3) is 2.19. The van der Waals surface area contributed by atoms with E-state index in [-0.39, 0.29) is 5.91 Å². The fourth-order valence-electron chi connectivity index (χ4n) is 1.48. The van der Waals surface area contributed by atoms with Crippen LogP contribution in [0.5, 0.6) is 0 Å². The van der Waals surface area contributed by atoms with Crippen molar-refractivity contribution in [2.24, 2.45) is 5.92 Å². The molecule has 0 spiro atoms. The second-order valence-electron chi connectivity index (χ2n) is 3.04. The molecule has 11 heavy (non-hydrogen) atoms. The summed E-state index contributed by atoms with van der Waals surface area (Å²) in [5, 5.41) is 0.476. The molecule has 0 saturated carbocycles. The van der Waals surface area contributed by atoms with Crippen molar-refractivity contribution in [3.8, 4) is 0 Å². The average molecular weight is 220 g/mol. The lowest BCUT2D eigenvalue weighted by atomic mass is 10.1. The molecule has 0 aromatic carbocycles. The summed E-state index contributed by atoms with van der Waals surface area (Å²) >= 11 is 3.18. The highest BCUT2D eigenvalue weighted by Crippen LogP contribution is 2.18. The molecule has 0 bridgehead atoms. The van der Waals surface area contributed by atoms with E-state index in [1.807, 2.05) is 4.90 Å². The van der Waals surface area contributed by atoms with Gasteiger partial charge in [0.1, 0.15) is 0 Å². The Morgan fingerprint density at radius 1 is 1.73 bits per heavy atom. The van der Waals surface area contributed by atoms with Gasteiger partial charge >= 0.3 is 0 Å². The van der Waals surface area contributed by atoms with Crippen LogP contribution in [0, 0.1) is 5.92 Å². The van der Waals surface area contributed by atoms with Gasteiger partial charge in [-0.3, -0.25) is 4.79 Å². The van der Waals surface area contributed by atoms with E-state index in [9.17, 15) is 4.79 Å². The topological polar surface area (TPSA) is 20.3 Å². The first-order chi connectivity index (χ1) is 5.27. The molecule has 3 heteroatoms. The first kappa shape index (κ1) is 9.04. The summed E-state index contributed by atoms with van der Waals surface area (Å²) in [6.45, 7) is 4.12. The minimum Gasteiger partial charge on any atom is -0.342 e. The van der Waals surface area contributed by atoms with Crippen LogP contribution in [-0.4, -0.2) is 29.2 Å². The van der Waals surface area contributed by atoms with Crippen LogP contribution in [0.3, 0.4) is 0 Å². The van der Waals surface area contributed by atoms with Gasteiger partial charge in [0.05, 0.1) is 5.33 Å². The van der Waals surface area contributed by atoms with Crippen LogP contribution in [0.25, 0.3) is 0 Å². The summed E-state index contributed by atoms with van der Waals surface area (Å²) in [5.74, 6) is 0.985. The van der Waals surface area contributed by atoms with E-state index in [1.54, 1.807) is 0 Å². The molecule has 1 atom stereocenters. The number of carbonyl (C=O) groups excluding carboxylic acids is 1. The zero-order valence-corrected chi connectivity index (χ0v) is 8.43. The number of nitrogens with zero attached hydrogens (tertiary/aromatic N) is 1. The summed E-state index contributed by atoms with van der Waals surface area (Å²) in [6, 6.07) is 0. The van der Waals surface area contributed by atoms with Crippen LogP contribution in [0.15, 0.2) is 0 Å². The molecule has 1 aliphatic rings. The molecule has 0 N–H and O–H groups in total. The van der Waals surface area contributed by atoms with Gasteiger partial charge in [-0.1, -0.05) is 29.3 Å². The van der Waals surface area contributed by atoms with Gasteiger partial charge < -0.3 is 4.90 Å². The predicted molar refractivity (Wildman–Crippen MR) is 48.8 cm³/mol. The van der Waals surface area contributed by atoms with Crippen LogP contribution in [-0.2, 0) is 4.79 Å². The van der Waals surface area contributed by atoms with Crippen LogP contribution < -0.4 is 0 Å². The number of alkyl halides is 1. The van der Waals surface area contributed by atoms with Crippen LogP contribution in [0.2, 0.25) is 0 Å². The molecule has 2 nitrogen and oxygen atoms in total. The average Bonchev–Trinajstić information content (AvgIpc) is 2.50. The molecule has 1 rings (SSSR count). The Balaban J connectivity index is 2.35. The molecule has 0 aromatic rings. The summed E-state index contributed by atoms with van der Waals surface area (Å²) in [6.07, 6.45) is 2.39. The molecular formula is C8H14BrNO. The maximum absolute atomic E-state index is 11.2. The van der Waals surface area contributed by atoms with Crippen molar-refractivity contribution in [1.29, 1.82) is 0 Å². The Bertz CT molecular complexity index is 149. The quantitative estimate of drug-likeness (QED) is 0.648. The van der Waals surface area contributed by atoms with E-state index in [2.05, 4.69) is 22.9 Å². The normalized spacial score (nSPS) is 24.2. The highest BCUT2D eigenvalue weighted by molar-refractivity contribution is 9.09. The first-order valence-electron chi connectivity index (χ1n) is 4.11. The van der Waals surface area contributed by atoms with Gasteiger partial charge in [-0.05, 0) is 12.3 Å². The van der Waals surface area contributed by atoms with Gasteiger partial charge in [-0.15, -0.1) is 0 Å². The molecule has 64 valence electrons. The maximum Gasteiger partial charge on any atom is 0.233 e. The SMILES string of the molecule is CCC1CCN(C(=O)CBr)C1. The first-order valence-corrected chi connectivity index (χ1v) is 5.23.